The summed E-state index contributed by atoms with van der Waals surface area (Å²) < 4.78 is 0. The Morgan fingerprint density at radius 1 is 1.53 bits per heavy atom. The van der Waals surface area contributed by atoms with Crippen molar-refractivity contribution >= 4 is 41.3 Å². The fourth-order valence-corrected chi connectivity index (χ4v) is 3.07. The van der Waals surface area contributed by atoms with Crippen LogP contribution in [0.25, 0.3) is 0 Å². The van der Waals surface area contributed by atoms with E-state index in [1.807, 2.05) is 18.4 Å². The number of guanidine groups is 1. The number of aliphatic imine (C=N–C) groups is 1. The van der Waals surface area contributed by atoms with Gasteiger partial charge in [0.1, 0.15) is 0 Å². The van der Waals surface area contributed by atoms with Crippen LogP contribution in [0.2, 0.25) is 0 Å². The van der Waals surface area contributed by atoms with Crippen LogP contribution in [0.4, 0.5) is 0 Å². The lowest BCUT2D eigenvalue weighted by Gasteiger charge is -2.17. The highest BCUT2D eigenvalue weighted by Gasteiger charge is 2.33. The van der Waals surface area contributed by atoms with Crippen LogP contribution in [-0.4, -0.2) is 25.1 Å². The standard InChI is InChI=1S/C14H23N3S.HI/c1-9-7-13(9)17-14(15-4)16-10(2)8-12-6-5-11(3)18-12;/h5-6,9-10,13H,7-8H2,1-4H3,(H2,15,16,17);1H. The number of thiophene rings is 1. The molecule has 2 rings (SSSR count). The molecule has 1 aliphatic rings. The number of nitrogens with one attached hydrogen (secondary N) is 2. The van der Waals surface area contributed by atoms with Crippen molar-refractivity contribution in [3.63, 3.8) is 0 Å². The summed E-state index contributed by atoms with van der Waals surface area (Å²) in [4.78, 5) is 7.10. The second-order valence-corrected chi connectivity index (χ2v) is 6.67. The van der Waals surface area contributed by atoms with Crippen LogP contribution in [0.15, 0.2) is 17.1 Å². The third-order valence-corrected chi connectivity index (χ3v) is 4.36. The maximum absolute atomic E-state index is 4.29. The first-order valence-corrected chi connectivity index (χ1v) is 7.45. The number of halogens is 1. The van der Waals surface area contributed by atoms with E-state index in [9.17, 15) is 0 Å². The van der Waals surface area contributed by atoms with Crippen molar-refractivity contribution < 1.29 is 0 Å². The maximum Gasteiger partial charge on any atom is 0.191 e. The normalized spacial score (nSPS) is 23.5. The average Bonchev–Trinajstić information content (AvgIpc) is 2.84. The molecule has 1 fully saturated rings. The molecule has 1 saturated carbocycles. The highest BCUT2D eigenvalue weighted by molar-refractivity contribution is 14.0. The zero-order valence-electron chi connectivity index (χ0n) is 12.1. The molecule has 1 aliphatic carbocycles. The van der Waals surface area contributed by atoms with Crippen LogP contribution < -0.4 is 10.6 Å². The predicted molar refractivity (Wildman–Crippen MR) is 94.8 cm³/mol. The number of rotatable bonds is 4. The molecule has 19 heavy (non-hydrogen) atoms. The lowest BCUT2D eigenvalue weighted by atomic mass is 10.2. The first kappa shape index (κ1) is 16.8. The van der Waals surface area contributed by atoms with Crippen LogP contribution in [-0.2, 0) is 6.42 Å². The zero-order valence-corrected chi connectivity index (χ0v) is 15.2. The van der Waals surface area contributed by atoms with E-state index >= 15 is 0 Å². The van der Waals surface area contributed by atoms with E-state index in [1.165, 1.54) is 16.2 Å². The van der Waals surface area contributed by atoms with Crippen LogP contribution in [0, 0.1) is 12.8 Å². The predicted octanol–water partition coefficient (Wildman–Crippen LogP) is 3.18. The summed E-state index contributed by atoms with van der Waals surface area (Å²) in [6, 6.07) is 5.43. The summed E-state index contributed by atoms with van der Waals surface area (Å²) in [5.74, 6) is 1.73. The van der Waals surface area contributed by atoms with Gasteiger partial charge in [-0.25, -0.2) is 0 Å². The van der Waals surface area contributed by atoms with Gasteiger partial charge < -0.3 is 10.6 Å². The maximum atomic E-state index is 4.29. The number of hydrogen-bond donors (Lipinski definition) is 2. The molecule has 3 atom stereocenters. The van der Waals surface area contributed by atoms with Crippen molar-refractivity contribution in [1.29, 1.82) is 0 Å². The Bertz CT molecular complexity index is 430. The van der Waals surface area contributed by atoms with Crippen molar-refractivity contribution in [2.75, 3.05) is 7.05 Å². The molecule has 0 saturated heterocycles. The van der Waals surface area contributed by atoms with Crippen LogP contribution in [0.3, 0.4) is 0 Å². The van der Waals surface area contributed by atoms with Crippen molar-refractivity contribution in [1.82, 2.24) is 10.6 Å². The Hall–Kier alpha value is -0.300. The molecule has 108 valence electrons. The molecular formula is C14H24IN3S. The smallest absolute Gasteiger partial charge is 0.191 e. The lowest BCUT2D eigenvalue weighted by molar-refractivity contribution is 0.640. The summed E-state index contributed by atoms with van der Waals surface area (Å²) >= 11 is 1.88. The van der Waals surface area contributed by atoms with Gasteiger partial charge >= 0.3 is 0 Å². The zero-order chi connectivity index (χ0) is 13.1. The minimum absolute atomic E-state index is 0. The van der Waals surface area contributed by atoms with Gasteiger partial charge in [0.25, 0.3) is 0 Å². The highest BCUT2D eigenvalue weighted by atomic mass is 127. The fourth-order valence-electron chi connectivity index (χ4n) is 2.05. The first-order valence-electron chi connectivity index (χ1n) is 6.63. The van der Waals surface area contributed by atoms with E-state index < -0.39 is 0 Å². The second kappa shape index (κ2) is 7.47. The minimum atomic E-state index is 0. The summed E-state index contributed by atoms with van der Waals surface area (Å²) in [5.41, 5.74) is 0. The molecule has 2 N–H and O–H groups in total. The van der Waals surface area contributed by atoms with E-state index in [-0.39, 0.29) is 24.0 Å². The Morgan fingerprint density at radius 2 is 2.21 bits per heavy atom. The molecule has 0 aromatic carbocycles. The van der Waals surface area contributed by atoms with Gasteiger partial charge in [-0.05, 0) is 38.3 Å². The topological polar surface area (TPSA) is 36.4 Å². The van der Waals surface area contributed by atoms with Crippen molar-refractivity contribution in [3.8, 4) is 0 Å². The van der Waals surface area contributed by atoms with Crippen LogP contribution in [0.1, 0.15) is 30.0 Å². The molecule has 0 amide bonds. The summed E-state index contributed by atoms with van der Waals surface area (Å²) in [6.45, 7) is 6.63. The molecule has 5 heteroatoms. The molecule has 3 nitrogen and oxygen atoms in total. The van der Waals surface area contributed by atoms with Gasteiger partial charge in [-0.15, -0.1) is 35.3 Å². The van der Waals surface area contributed by atoms with E-state index in [1.54, 1.807) is 0 Å². The third-order valence-electron chi connectivity index (χ3n) is 3.34. The highest BCUT2D eigenvalue weighted by Crippen LogP contribution is 2.28. The van der Waals surface area contributed by atoms with Gasteiger partial charge in [0, 0.05) is 35.3 Å². The molecule has 0 aliphatic heterocycles. The molecule has 3 unspecified atom stereocenters. The third kappa shape index (κ3) is 5.30. The van der Waals surface area contributed by atoms with Crippen molar-refractivity contribution in [2.45, 2.75) is 45.7 Å². The van der Waals surface area contributed by atoms with Crippen molar-refractivity contribution in [2.24, 2.45) is 10.9 Å². The van der Waals surface area contributed by atoms with Gasteiger partial charge in [-0.2, -0.15) is 0 Å². The molecule has 1 aromatic heterocycles. The van der Waals surface area contributed by atoms with Crippen LogP contribution >= 0.6 is 35.3 Å². The second-order valence-electron chi connectivity index (χ2n) is 5.30. The van der Waals surface area contributed by atoms with Gasteiger partial charge in [0.15, 0.2) is 5.96 Å². The van der Waals surface area contributed by atoms with Gasteiger partial charge in [-0.1, -0.05) is 6.92 Å². The molecule has 0 radical (unpaired) electrons. The molecular weight excluding hydrogens is 369 g/mol. The summed E-state index contributed by atoms with van der Waals surface area (Å²) in [6.07, 6.45) is 2.32. The molecule has 0 bridgehead atoms. The van der Waals surface area contributed by atoms with Crippen LogP contribution in [0.5, 0.6) is 0 Å². The Kier molecular flexibility index (Phi) is 6.59. The van der Waals surface area contributed by atoms with Gasteiger partial charge in [0.05, 0.1) is 0 Å². The van der Waals surface area contributed by atoms with E-state index in [2.05, 4.69) is 48.5 Å². The number of aryl methyl sites for hydroxylation is 1. The Labute approximate surface area is 137 Å². The lowest BCUT2D eigenvalue weighted by Crippen LogP contribution is -2.44. The van der Waals surface area contributed by atoms with Crippen molar-refractivity contribution in [3.05, 3.63) is 21.9 Å². The Balaban J connectivity index is 0.00000180. The molecule has 1 heterocycles. The first-order chi connectivity index (χ1) is 8.58. The monoisotopic (exact) mass is 393 g/mol. The fraction of sp³-hybridized carbons (Fsp3) is 0.643. The quantitative estimate of drug-likeness (QED) is 0.468. The number of hydrogen-bond acceptors (Lipinski definition) is 2. The largest absolute Gasteiger partial charge is 0.354 e. The van der Waals surface area contributed by atoms with E-state index in [0.29, 0.717) is 12.1 Å². The minimum Gasteiger partial charge on any atom is -0.354 e. The molecule has 0 spiro atoms. The van der Waals surface area contributed by atoms with Gasteiger partial charge in [-0.3, -0.25) is 4.99 Å². The number of nitrogens with zero attached hydrogens (tertiary/aromatic N) is 1. The SMILES string of the molecule is CN=C(NC(C)Cc1ccc(C)s1)NC1CC1C.I. The Morgan fingerprint density at radius 3 is 2.68 bits per heavy atom. The van der Waals surface area contributed by atoms with E-state index in [4.69, 9.17) is 0 Å². The summed E-state index contributed by atoms with van der Waals surface area (Å²) in [7, 11) is 1.84. The average molecular weight is 393 g/mol. The molecule has 1 aromatic rings. The van der Waals surface area contributed by atoms with Gasteiger partial charge in [0.2, 0.25) is 0 Å². The van der Waals surface area contributed by atoms with E-state index in [0.717, 1.165) is 18.3 Å². The summed E-state index contributed by atoms with van der Waals surface area (Å²) in [5, 5.41) is 6.92.